The van der Waals surface area contributed by atoms with Crippen molar-refractivity contribution in [2.45, 2.75) is 107 Å². The number of carbonyl (C=O) groups excluding carboxylic acids is 2. The van der Waals surface area contributed by atoms with Gasteiger partial charge in [0, 0.05) is 46.6 Å². The summed E-state index contributed by atoms with van der Waals surface area (Å²) in [7, 11) is 0. The van der Waals surface area contributed by atoms with E-state index in [1.165, 1.54) is 11.1 Å². The van der Waals surface area contributed by atoms with Gasteiger partial charge in [0.15, 0.2) is 0 Å². The Hall–Kier alpha value is -3.17. The molecule has 0 heterocycles. The number of phenols is 2. The van der Waals surface area contributed by atoms with Crippen molar-refractivity contribution in [1.82, 2.24) is 0 Å². The smallest absolute Gasteiger partial charge is 0.550 e. The van der Waals surface area contributed by atoms with Crippen LogP contribution < -0.4 is 10.2 Å². The maximum atomic E-state index is 10.9. The Bertz CT molecular complexity index is 1180. The first-order valence-electron chi connectivity index (χ1n) is 15.1. The van der Waals surface area contributed by atoms with Gasteiger partial charge >= 0.3 is 16.8 Å². The fraction of sp³-hybridized carbons (Fsp3) is 0.556. The van der Waals surface area contributed by atoms with Crippen LogP contribution in [-0.4, -0.2) is 47.7 Å². The summed E-state index contributed by atoms with van der Waals surface area (Å²) in [5.74, 6) is -0.473. The summed E-state index contributed by atoms with van der Waals surface area (Å²) in [6, 6.07) is 8.35. The molecule has 8 nitrogen and oxygen atoms in total. The van der Waals surface area contributed by atoms with Gasteiger partial charge in [0.25, 0.3) is 0 Å². The minimum atomic E-state index is -1.08. The molecule has 0 aliphatic rings. The van der Waals surface area contributed by atoms with Crippen LogP contribution in [0.4, 0.5) is 0 Å². The zero-order valence-electron chi connectivity index (χ0n) is 29.2. The number of hydrogen-bond acceptors (Lipinski definition) is 8. The van der Waals surface area contributed by atoms with E-state index in [4.69, 9.17) is 19.8 Å². The first-order valence-corrected chi connectivity index (χ1v) is 15.1. The van der Waals surface area contributed by atoms with Crippen LogP contribution >= 0.6 is 0 Å². The Kier molecular flexibility index (Phi) is 19.6. The molecule has 1 radical (unpaired) electrons. The second kappa shape index (κ2) is 20.1. The second-order valence-corrected chi connectivity index (χ2v) is 13.9. The van der Waals surface area contributed by atoms with Crippen molar-refractivity contribution >= 4 is 24.4 Å². The van der Waals surface area contributed by atoms with Gasteiger partial charge in [0.1, 0.15) is 11.5 Å². The molecule has 0 aromatic heterocycles. The third-order valence-corrected chi connectivity index (χ3v) is 6.12. The SMILES string of the molecule is CC(=O)[O-].CC(=O)[O-].CC(C)Cc1cc(C=NCCN=Cc2cc(CC(C)C)cc(C(C)(C)C)c2O)c(O)c(C(C)(C)C)c1.[Co+2]. The molecule has 2 aromatic carbocycles. The molecule has 2 rings (SSSR count). The van der Waals surface area contributed by atoms with Crippen LogP contribution in [-0.2, 0) is 50.0 Å². The van der Waals surface area contributed by atoms with E-state index in [-0.39, 0.29) is 27.6 Å². The third-order valence-electron chi connectivity index (χ3n) is 6.12. The molecule has 0 spiro atoms. The van der Waals surface area contributed by atoms with Gasteiger partial charge in [-0.2, -0.15) is 0 Å². The Labute approximate surface area is 281 Å². The van der Waals surface area contributed by atoms with E-state index in [1.54, 1.807) is 12.4 Å². The molecule has 0 atom stereocenters. The molecule has 0 aliphatic carbocycles. The number of rotatable bonds is 9. The molecule has 0 amide bonds. The van der Waals surface area contributed by atoms with Crippen molar-refractivity contribution in [1.29, 1.82) is 0 Å². The van der Waals surface area contributed by atoms with E-state index in [0.29, 0.717) is 36.4 Å². The predicted octanol–water partition coefficient (Wildman–Crippen LogP) is 5.14. The fourth-order valence-electron chi connectivity index (χ4n) is 4.40. The van der Waals surface area contributed by atoms with E-state index >= 15 is 0 Å². The van der Waals surface area contributed by atoms with Crippen LogP contribution in [0.1, 0.15) is 116 Å². The Morgan fingerprint density at radius 2 is 0.956 bits per heavy atom. The van der Waals surface area contributed by atoms with Crippen LogP contribution in [0.25, 0.3) is 0 Å². The van der Waals surface area contributed by atoms with E-state index in [9.17, 15) is 10.2 Å². The molecular weight excluding hydrogens is 615 g/mol. The fourth-order valence-corrected chi connectivity index (χ4v) is 4.40. The van der Waals surface area contributed by atoms with Crippen LogP contribution in [0, 0.1) is 11.8 Å². The number of aliphatic imine (C=N–C) groups is 2. The number of benzene rings is 2. The van der Waals surface area contributed by atoms with E-state index in [0.717, 1.165) is 48.9 Å². The summed E-state index contributed by atoms with van der Waals surface area (Å²) in [6.45, 7) is 24.5. The summed E-state index contributed by atoms with van der Waals surface area (Å²) in [6.07, 6.45) is 5.46. The average Bonchev–Trinajstić information content (AvgIpc) is 2.81. The second-order valence-electron chi connectivity index (χ2n) is 13.9. The molecule has 2 N–H and O–H groups in total. The molecule has 0 saturated carbocycles. The first-order chi connectivity index (χ1) is 20.1. The molecule has 0 saturated heterocycles. The summed E-state index contributed by atoms with van der Waals surface area (Å²) >= 11 is 0. The average molecular weight is 670 g/mol. The minimum Gasteiger partial charge on any atom is -0.550 e. The van der Waals surface area contributed by atoms with Gasteiger partial charge < -0.3 is 30.0 Å². The molecular formula is C36H54CoN2O6. The summed E-state index contributed by atoms with van der Waals surface area (Å²) < 4.78 is 0. The number of phenolic OH excluding ortho intramolecular Hbond substituents is 2. The van der Waals surface area contributed by atoms with Gasteiger partial charge in [0.2, 0.25) is 0 Å². The number of carboxylic acids is 2. The predicted molar refractivity (Wildman–Crippen MR) is 177 cm³/mol. The van der Waals surface area contributed by atoms with E-state index in [1.807, 2.05) is 12.1 Å². The maximum Gasteiger partial charge on any atom is 2.00 e. The molecule has 9 heteroatoms. The third kappa shape index (κ3) is 18.4. The first kappa shape index (κ1) is 44.0. The largest absolute Gasteiger partial charge is 2.00 e. The monoisotopic (exact) mass is 669 g/mol. The van der Waals surface area contributed by atoms with Crippen molar-refractivity contribution < 1.29 is 46.8 Å². The topological polar surface area (TPSA) is 145 Å². The normalized spacial score (nSPS) is 11.6. The number of carbonyl (C=O) groups is 2. The van der Waals surface area contributed by atoms with Crippen molar-refractivity contribution in [3.05, 3.63) is 57.6 Å². The molecule has 0 aliphatic heterocycles. The van der Waals surface area contributed by atoms with Crippen LogP contribution in [0.3, 0.4) is 0 Å². The van der Waals surface area contributed by atoms with Gasteiger partial charge in [-0.05, 0) is 72.6 Å². The summed E-state index contributed by atoms with van der Waals surface area (Å²) in [5, 5.41) is 39.6. The van der Waals surface area contributed by atoms with Crippen LogP contribution in [0.5, 0.6) is 11.5 Å². The maximum absolute atomic E-state index is 10.9. The van der Waals surface area contributed by atoms with Crippen molar-refractivity contribution in [3.8, 4) is 11.5 Å². The number of aromatic hydroxyl groups is 2. The number of carboxylic acid groups (broad SMARTS) is 2. The molecule has 2 aromatic rings. The number of hydrogen-bond donors (Lipinski definition) is 2. The molecule has 0 unspecified atom stereocenters. The summed E-state index contributed by atoms with van der Waals surface area (Å²) in [5.41, 5.74) is 5.56. The summed E-state index contributed by atoms with van der Waals surface area (Å²) in [4.78, 5) is 26.9. The van der Waals surface area contributed by atoms with Gasteiger partial charge in [0.05, 0.1) is 13.1 Å². The van der Waals surface area contributed by atoms with Gasteiger partial charge in [-0.3, -0.25) is 9.98 Å². The molecule has 253 valence electrons. The number of aliphatic carboxylic acids is 2. The van der Waals surface area contributed by atoms with Crippen molar-refractivity contribution in [3.63, 3.8) is 0 Å². The Morgan fingerprint density at radius 3 is 1.18 bits per heavy atom. The Morgan fingerprint density at radius 1 is 0.689 bits per heavy atom. The molecule has 45 heavy (non-hydrogen) atoms. The standard InChI is InChI=1S/C32H48N2O2.2C2H4O2.Co/c1-21(2)13-23-15-25(29(35)27(17-23)31(5,6)7)19-33-11-12-34-20-26-16-24(14-22(3)4)18-28(30(26)36)32(8,9)10;2*1-2(3)4;/h15-22,35-36H,11-14H2,1-10H3;2*1H3,(H,3,4);/q;;;+2/p-2. The minimum absolute atomic E-state index is 0. The van der Waals surface area contributed by atoms with E-state index < -0.39 is 11.9 Å². The van der Waals surface area contributed by atoms with Crippen molar-refractivity contribution in [2.24, 2.45) is 21.8 Å². The van der Waals surface area contributed by atoms with Gasteiger partial charge in [-0.1, -0.05) is 81.4 Å². The van der Waals surface area contributed by atoms with Crippen LogP contribution in [0.15, 0.2) is 34.3 Å². The Balaban J connectivity index is 0. The molecule has 0 bridgehead atoms. The van der Waals surface area contributed by atoms with Gasteiger partial charge in [-0.15, -0.1) is 0 Å². The zero-order valence-corrected chi connectivity index (χ0v) is 30.2. The number of nitrogens with zero attached hydrogens (tertiary/aromatic N) is 2. The van der Waals surface area contributed by atoms with E-state index in [2.05, 4.69) is 91.4 Å². The quantitative estimate of drug-likeness (QED) is 0.280. The van der Waals surface area contributed by atoms with Crippen molar-refractivity contribution in [2.75, 3.05) is 13.1 Å². The zero-order chi connectivity index (χ0) is 34.4. The van der Waals surface area contributed by atoms with Crippen LogP contribution in [0.2, 0.25) is 0 Å². The molecule has 0 fully saturated rings. The van der Waals surface area contributed by atoms with Gasteiger partial charge in [-0.25, -0.2) is 0 Å².